The lowest BCUT2D eigenvalue weighted by atomic mass is 9.89. The molecule has 1 saturated carbocycles. The molecule has 6 nitrogen and oxygen atoms in total. The molecule has 2 saturated heterocycles. The highest BCUT2D eigenvalue weighted by Gasteiger charge is 2.33. The van der Waals surface area contributed by atoms with Gasteiger partial charge in [-0.05, 0) is 56.6 Å². The van der Waals surface area contributed by atoms with Gasteiger partial charge in [0.1, 0.15) is 13.2 Å². The lowest BCUT2D eigenvalue weighted by Crippen LogP contribution is -2.52. The van der Waals surface area contributed by atoms with E-state index in [2.05, 4.69) is 18.4 Å². The Hall–Kier alpha value is -0.810. The Bertz CT molecular complexity index is 498. The molecule has 0 bridgehead atoms. The summed E-state index contributed by atoms with van der Waals surface area (Å²) in [5.41, 5.74) is 3.34. The summed E-state index contributed by atoms with van der Waals surface area (Å²) in [7, 11) is 0. The second-order valence-corrected chi connectivity index (χ2v) is 9.30. The van der Waals surface area contributed by atoms with Gasteiger partial charge in [-0.1, -0.05) is 6.92 Å². The first kappa shape index (κ1) is 19.9. The maximum Gasteiger partial charge on any atom is 0.249 e. The third-order valence-corrected chi connectivity index (χ3v) is 7.17. The van der Waals surface area contributed by atoms with E-state index in [1.165, 1.54) is 31.4 Å². The van der Waals surface area contributed by atoms with Gasteiger partial charge in [-0.3, -0.25) is 4.79 Å². The predicted molar refractivity (Wildman–Crippen MR) is 103 cm³/mol. The van der Waals surface area contributed by atoms with Crippen molar-refractivity contribution in [1.82, 2.24) is 15.3 Å². The predicted octanol–water partition coefficient (Wildman–Crippen LogP) is 2.37. The van der Waals surface area contributed by atoms with E-state index in [9.17, 15) is 4.79 Å². The van der Waals surface area contributed by atoms with E-state index in [0.717, 1.165) is 38.3 Å². The molecule has 2 atom stereocenters. The highest BCUT2D eigenvalue weighted by molar-refractivity contribution is 8.00. The molecule has 146 valence electrons. The van der Waals surface area contributed by atoms with Gasteiger partial charge in [-0.25, -0.2) is 10.4 Å². The molecule has 0 aromatic carbocycles. The normalized spacial score (nSPS) is 32.5. The Morgan fingerprint density at radius 3 is 2.81 bits per heavy atom. The van der Waals surface area contributed by atoms with Gasteiger partial charge < -0.3 is 9.64 Å². The van der Waals surface area contributed by atoms with Crippen LogP contribution in [0.15, 0.2) is 0 Å². The van der Waals surface area contributed by atoms with Crippen LogP contribution in [0, 0.1) is 17.2 Å². The van der Waals surface area contributed by atoms with Crippen LogP contribution in [-0.4, -0.2) is 65.3 Å². The average Bonchev–Trinajstić information content (AvgIpc) is 3.31. The van der Waals surface area contributed by atoms with Crippen molar-refractivity contribution in [1.29, 1.82) is 5.26 Å². The van der Waals surface area contributed by atoms with Crippen molar-refractivity contribution < 1.29 is 9.53 Å². The van der Waals surface area contributed by atoms with E-state index >= 15 is 0 Å². The molecule has 0 aromatic heterocycles. The molecule has 26 heavy (non-hydrogen) atoms. The first-order valence-corrected chi connectivity index (χ1v) is 11.1. The van der Waals surface area contributed by atoms with Crippen LogP contribution in [0.25, 0.3) is 0 Å². The van der Waals surface area contributed by atoms with Crippen LogP contribution in [0.5, 0.6) is 0 Å². The minimum Gasteiger partial charge on any atom is -0.368 e. The maximum atomic E-state index is 13.0. The molecule has 0 radical (unpaired) electrons. The van der Waals surface area contributed by atoms with E-state index in [0.29, 0.717) is 11.8 Å². The van der Waals surface area contributed by atoms with Crippen molar-refractivity contribution in [2.45, 2.75) is 69.4 Å². The molecular formula is C19H32N4O2S. The Balaban J connectivity index is 1.53. The fourth-order valence-electron chi connectivity index (χ4n) is 4.13. The Morgan fingerprint density at radius 1 is 1.31 bits per heavy atom. The van der Waals surface area contributed by atoms with Crippen molar-refractivity contribution in [3.05, 3.63) is 0 Å². The number of nitrogens with zero attached hydrogens (tertiary/aromatic N) is 3. The van der Waals surface area contributed by atoms with Crippen molar-refractivity contribution in [2.75, 3.05) is 32.0 Å². The minimum absolute atomic E-state index is 0.00738. The van der Waals surface area contributed by atoms with Crippen LogP contribution in [0.2, 0.25) is 0 Å². The number of carbonyl (C=O) groups is 1. The summed E-state index contributed by atoms with van der Waals surface area (Å²) >= 11 is 1.98. The molecule has 7 heteroatoms. The summed E-state index contributed by atoms with van der Waals surface area (Å²) in [5.74, 6) is 2.07. The zero-order chi connectivity index (χ0) is 18.4. The largest absolute Gasteiger partial charge is 0.368 e. The van der Waals surface area contributed by atoms with Gasteiger partial charge in [-0.2, -0.15) is 17.0 Å². The molecule has 0 aromatic rings. The average molecular weight is 381 g/mol. The third-order valence-electron chi connectivity index (χ3n) is 5.79. The first-order valence-electron chi connectivity index (χ1n) is 10.1. The van der Waals surface area contributed by atoms with Gasteiger partial charge in [-0.15, -0.1) is 0 Å². The van der Waals surface area contributed by atoms with Crippen LogP contribution in [0.3, 0.4) is 0 Å². The second kappa shape index (κ2) is 9.93. The minimum atomic E-state index is -0.00738. The molecular weight excluding hydrogens is 348 g/mol. The van der Waals surface area contributed by atoms with Crippen LogP contribution >= 0.6 is 11.8 Å². The monoisotopic (exact) mass is 380 g/mol. The molecule has 3 fully saturated rings. The van der Waals surface area contributed by atoms with Crippen molar-refractivity contribution in [3.8, 4) is 6.07 Å². The number of nitrogens with one attached hydrogen (secondary N) is 1. The number of rotatable bonds is 7. The Morgan fingerprint density at radius 2 is 2.12 bits per heavy atom. The SMILES string of the molecule is CC1CCC(OCC(=O)N(CC2CCCS2)C2CCN(CC#N)N2)CC1. The van der Waals surface area contributed by atoms with Crippen LogP contribution in [0.1, 0.15) is 51.9 Å². The van der Waals surface area contributed by atoms with Gasteiger partial charge in [0.15, 0.2) is 0 Å². The Labute approximate surface area is 161 Å². The first-order chi connectivity index (χ1) is 12.7. The van der Waals surface area contributed by atoms with E-state index in [1.807, 2.05) is 21.7 Å². The molecule has 3 rings (SSSR count). The maximum absolute atomic E-state index is 13.0. The van der Waals surface area contributed by atoms with Gasteiger partial charge in [0.25, 0.3) is 0 Å². The summed E-state index contributed by atoms with van der Waals surface area (Å²) in [4.78, 5) is 14.9. The lowest BCUT2D eigenvalue weighted by molar-refractivity contribution is -0.142. The van der Waals surface area contributed by atoms with Crippen molar-refractivity contribution in [3.63, 3.8) is 0 Å². The van der Waals surface area contributed by atoms with Crippen molar-refractivity contribution >= 4 is 17.7 Å². The number of hydrogen-bond acceptors (Lipinski definition) is 6. The van der Waals surface area contributed by atoms with Crippen LogP contribution < -0.4 is 5.43 Å². The molecule has 2 heterocycles. The zero-order valence-electron chi connectivity index (χ0n) is 15.9. The number of thioether (sulfide) groups is 1. The van der Waals surface area contributed by atoms with E-state index in [4.69, 9.17) is 10.00 Å². The van der Waals surface area contributed by atoms with Crippen LogP contribution in [-0.2, 0) is 9.53 Å². The fraction of sp³-hybridized carbons (Fsp3) is 0.895. The zero-order valence-corrected chi connectivity index (χ0v) is 16.7. The summed E-state index contributed by atoms with van der Waals surface area (Å²) < 4.78 is 5.98. The number of carbonyl (C=O) groups excluding carboxylic acids is 1. The number of amides is 1. The van der Waals surface area contributed by atoms with Crippen molar-refractivity contribution in [2.24, 2.45) is 5.92 Å². The lowest BCUT2D eigenvalue weighted by Gasteiger charge is -2.32. The molecule has 1 aliphatic carbocycles. The summed E-state index contributed by atoms with van der Waals surface area (Å²) in [5, 5.41) is 11.3. The van der Waals surface area contributed by atoms with E-state index < -0.39 is 0 Å². The molecule has 2 unspecified atom stereocenters. The van der Waals surface area contributed by atoms with Gasteiger partial charge in [0, 0.05) is 18.3 Å². The number of hydrogen-bond donors (Lipinski definition) is 1. The second-order valence-electron chi connectivity index (χ2n) is 7.89. The molecule has 3 aliphatic rings. The molecule has 2 aliphatic heterocycles. The van der Waals surface area contributed by atoms with Gasteiger partial charge in [0.05, 0.1) is 18.3 Å². The summed E-state index contributed by atoms with van der Waals surface area (Å²) in [6.07, 6.45) is 8.08. The number of hydrazine groups is 1. The smallest absolute Gasteiger partial charge is 0.249 e. The summed E-state index contributed by atoms with van der Waals surface area (Å²) in [6.45, 7) is 4.43. The van der Waals surface area contributed by atoms with Gasteiger partial charge >= 0.3 is 0 Å². The highest BCUT2D eigenvalue weighted by Crippen LogP contribution is 2.28. The fourth-order valence-corrected chi connectivity index (χ4v) is 5.40. The highest BCUT2D eigenvalue weighted by atomic mass is 32.2. The third kappa shape index (κ3) is 5.59. The molecule has 1 N–H and O–H groups in total. The molecule has 0 spiro atoms. The van der Waals surface area contributed by atoms with Gasteiger partial charge in [0.2, 0.25) is 5.91 Å². The standard InChI is InChI=1S/C19H32N4O2S/c1-15-4-6-16(7-5-15)25-14-19(24)23(13-17-3-2-12-26-17)18-8-10-22(21-18)11-9-20/h15-18,21H,2-8,10-14H2,1H3. The molecule has 1 amide bonds. The van der Waals surface area contributed by atoms with E-state index in [-0.39, 0.29) is 24.8 Å². The number of ether oxygens (including phenoxy) is 1. The number of nitriles is 1. The topological polar surface area (TPSA) is 68.6 Å². The summed E-state index contributed by atoms with van der Waals surface area (Å²) in [6, 6.07) is 2.17. The van der Waals surface area contributed by atoms with Crippen LogP contribution in [0.4, 0.5) is 0 Å². The van der Waals surface area contributed by atoms with E-state index in [1.54, 1.807) is 0 Å². The quantitative estimate of drug-likeness (QED) is 0.684. The Kier molecular flexibility index (Phi) is 7.62.